The van der Waals surface area contributed by atoms with Crippen LogP contribution in [0.15, 0.2) is 78.4 Å². The molecule has 5 rings (SSSR count). The fraction of sp³-hybridized carbons (Fsp3) is 0.0455. The molecule has 26 heavy (non-hydrogen) atoms. The summed E-state index contributed by atoms with van der Waals surface area (Å²) in [7, 11) is 0. The lowest BCUT2D eigenvalue weighted by Crippen LogP contribution is -2.17. The number of ketones is 1. The lowest BCUT2D eigenvalue weighted by atomic mass is 9.95. The molecule has 0 radical (unpaired) electrons. The van der Waals surface area contributed by atoms with Crippen molar-refractivity contribution in [3.8, 4) is 0 Å². The van der Waals surface area contributed by atoms with E-state index in [0.717, 1.165) is 39.3 Å². The Bertz CT molecular complexity index is 1070. The summed E-state index contributed by atoms with van der Waals surface area (Å²) in [5.74, 6) is 0.0587. The molecule has 3 aromatic rings. The topological polar surface area (TPSA) is 41.1 Å². The third-order valence-electron chi connectivity index (χ3n) is 4.93. The second kappa shape index (κ2) is 5.75. The number of hydrogen-bond acceptors (Lipinski definition) is 3. The standard InChI is InChI=1S/C22H15ClN2O/c23-14-11-9-13(10-12-14)20-19-21(15-5-1-2-6-16(15)22(19)26)25-18-8-4-3-7-17(18)24-20/h1-12,20,24-25H. The number of rotatable bonds is 1. The van der Waals surface area contributed by atoms with Crippen molar-refractivity contribution in [2.24, 2.45) is 0 Å². The molecule has 0 spiro atoms. The van der Waals surface area contributed by atoms with Gasteiger partial charge in [-0.15, -0.1) is 0 Å². The van der Waals surface area contributed by atoms with Crippen LogP contribution in [0.25, 0.3) is 5.70 Å². The first-order chi connectivity index (χ1) is 12.7. The van der Waals surface area contributed by atoms with Crippen LogP contribution >= 0.6 is 11.6 Å². The smallest absolute Gasteiger partial charge is 0.194 e. The van der Waals surface area contributed by atoms with Crippen LogP contribution in [0, 0.1) is 0 Å². The fourth-order valence-corrected chi connectivity index (χ4v) is 3.82. The third-order valence-corrected chi connectivity index (χ3v) is 5.19. The Labute approximate surface area is 156 Å². The minimum absolute atomic E-state index is 0.0587. The van der Waals surface area contributed by atoms with Gasteiger partial charge in [-0.1, -0.05) is 60.1 Å². The molecule has 1 unspecified atom stereocenters. The second-order valence-corrected chi connectivity index (χ2v) is 6.90. The number of carbonyl (C=O) groups excluding carboxylic acids is 1. The van der Waals surface area contributed by atoms with Crippen LogP contribution < -0.4 is 10.6 Å². The summed E-state index contributed by atoms with van der Waals surface area (Å²) in [6.45, 7) is 0. The Kier molecular flexibility index (Phi) is 3.37. The molecule has 3 aromatic carbocycles. The number of hydrogen-bond donors (Lipinski definition) is 2. The van der Waals surface area contributed by atoms with Crippen LogP contribution in [0.3, 0.4) is 0 Å². The number of fused-ring (bicyclic) bond motifs is 3. The van der Waals surface area contributed by atoms with E-state index < -0.39 is 0 Å². The molecule has 3 nitrogen and oxygen atoms in total. The van der Waals surface area contributed by atoms with Crippen molar-refractivity contribution in [1.29, 1.82) is 0 Å². The highest BCUT2D eigenvalue weighted by atomic mass is 35.5. The zero-order valence-electron chi connectivity index (χ0n) is 13.8. The van der Waals surface area contributed by atoms with E-state index in [-0.39, 0.29) is 11.8 Å². The van der Waals surface area contributed by atoms with E-state index in [4.69, 9.17) is 11.6 Å². The quantitative estimate of drug-likeness (QED) is 0.601. The van der Waals surface area contributed by atoms with Crippen molar-refractivity contribution < 1.29 is 4.79 Å². The van der Waals surface area contributed by atoms with Crippen LogP contribution in [-0.4, -0.2) is 5.78 Å². The van der Waals surface area contributed by atoms with Gasteiger partial charge in [-0.2, -0.15) is 0 Å². The van der Waals surface area contributed by atoms with Crippen molar-refractivity contribution in [2.45, 2.75) is 6.04 Å². The normalized spacial score (nSPS) is 17.6. The van der Waals surface area contributed by atoms with Gasteiger partial charge < -0.3 is 10.6 Å². The molecular formula is C22H15ClN2O. The van der Waals surface area contributed by atoms with Gasteiger partial charge in [0.05, 0.1) is 28.7 Å². The SMILES string of the molecule is O=C1C2=C(Nc3ccccc3NC2c2ccc(Cl)cc2)c2ccccc21. The number of anilines is 2. The average Bonchev–Trinajstić information content (AvgIpc) is 2.84. The van der Waals surface area contributed by atoms with E-state index in [1.807, 2.05) is 72.8 Å². The first-order valence-corrected chi connectivity index (χ1v) is 8.86. The lowest BCUT2D eigenvalue weighted by molar-refractivity contribution is 0.103. The molecule has 0 bridgehead atoms. The van der Waals surface area contributed by atoms with Gasteiger partial charge in [0.1, 0.15) is 0 Å². The Balaban J connectivity index is 1.74. The molecule has 0 amide bonds. The minimum atomic E-state index is -0.252. The van der Waals surface area contributed by atoms with Gasteiger partial charge in [0.15, 0.2) is 5.78 Å². The maximum absolute atomic E-state index is 13.2. The summed E-state index contributed by atoms with van der Waals surface area (Å²) in [4.78, 5) is 13.2. The van der Waals surface area contributed by atoms with Gasteiger partial charge in [0.2, 0.25) is 0 Å². The average molecular weight is 359 g/mol. The fourth-order valence-electron chi connectivity index (χ4n) is 3.70. The Hall–Kier alpha value is -3.04. The Morgan fingerprint density at radius 1 is 0.769 bits per heavy atom. The summed E-state index contributed by atoms with van der Waals surface area (Å²) in [5.41, 5.74) is 6.23. The maximum Gasteiger partial charge on any atom is 0.194 e. The number of nitrogens with one attached hydrogen (secondary N) is 2. The molecule has 0 aromatic heterocycles. The number of Topliss-reactive ketones (excluding diaryl/α,β-unsaturated/α-hetero) is 1. The maximum atomic E-state index is 13.2. The number of halogens is 1. The summed E-state index contributed by atoms with van der Waals surface area (Å²) in [6.07, 6.45) is 0. The van der Waals surface area contributed by atoms with E-state index in [9.17, 15) is 4.79 Å². The Morgan fingerprint density at radius 3 is 2.19 bits per heavy atom. The Morgan fingerprint density at radius 2 is 1.42 bits per heavy atom. The molecule has 0 saturated heterocycles. The lowest BCUT2D eigenvalue weighted by Gasteiger charge is -2.20. The van der Waals surface area contributed by atoms with Crippen molar-refractivity contribution in [2.75, 3.05) is 10.6 Å². The first-order valence-electron chi connectivity index (χ1n) is 8.49. The van der Waals surface area contributed by atoms with Crippen molar-refractivity contribution in [3.05, 3.63) is 100 Å². The van der Waals surface area contributed by atoms with Crippen LogP contribution in [0.4, 0.5) is 11.4 Å². The highest BCUT2D eigenvalue weighted by Gasteiger charge is 2.37. The number of carbonyl (C=O) groups is 1. The van der Waals surface area contributed by atoms with E-state index in [0.29, 0.717) is 5.02 Å². The van der Waals surface area contributed by atoms with Crippen molar-refractivity contribution in [3.63, 3.8) is 0 Å². The molecular weight excluding hydrogens is 344 g/mol. The molecule has 1 heterocycles. The van der Waals surface area contributed by atoms with Crippen LogP contribution in [-0.2, 0) is 0 Å². The van der Waals surface area contributed by atoms with Gasteiger partial charge in [-0.25, -0.2) is 0 Å². The van der Waals surface area contributed by atoms with Crippen LogP contribution in [0.5, 0.6) is 0 Å². The van der Waals surface area contributed by atoms with Crippen LogP contribution in [0.1, 0.15) is 27.5 Å². The summed E-state index contributed by atoms with van der Waals surface area (Å²) >= 11 is 6.07. The second-order valence-electron chi connectivity index (χ2n) is 6.46. The third kappa shape index (κ3) is 2.25. The summed E-state index contributed by atoms with van der Waals surface area (Å²) in [5, 5.41) is 7.71. The zero-order chi connectivity index (χ0) is 17.7. The molecule has 2 N–H and O–H groups in total. The molecule has 0 saturated carbocycles. The van der Waals surface area contributed by atoms with Crippen LogP contribution in [0.2, 0.25) is 5.02 Å². The minimum Gasteiger partial charge on any atom is -0.372 e. The highest BCUT2D eigenvalue weighted by molar-refractivity contribution is 6.30. The van der Waals surface area contributed by atoms with Crippen molar-refractivity contribution in [1.82, 2.24) is 0 Å². The van der Waals surface area contributed by atoms with Gasteiger partial charge in [0.25, 0.3) is 0 Å². The predicted octanol–water partition coefficient (Wildman–Crippen LogP) is 5.53. The molecule has 1 aliphatic heterocycles. The molecule has 1 aliphatic carbocycles. The molecule has 2 aliphatic rings. The molecule has 0 fully saturated rings. The largest absolute Gasteiger partial charge is 0.372 e. The van der Waals surface area contributed by atoms with Gasteiger partial charge in [0, 0.05) is 16.1 Å². The zero-order valence-corrected chi connectivity index (χ0v) is 14.5. The summed E-state index contributed by atoms with van der Waals surface area (Å²) < 4.78 is 0. The van der Waals surface area contributed by atoms with E-state index in [1.54, 1.807) is 0 Å². The van der Waals surface area contributed by atoms with E-state index >= 15 is 0 Å². The first kappa shape index (κ1) is 15.2. The predicted molar refractivity (Wildman–Crippen MR) is 106 cm³/mol. The van der Waals surface area contributed by atoms with Gasteiger partial charge in [-0.3, -0.25) is 4.79 Å². The molecule has 126 valence electrons. The summed E-state index contributed by atoms with van der Waals surface area (Å²) in [6, 6.07) is 23.2. The van der Waals surface area contributed by atoms with Gasteiger partial charge >= 0.3 is 0 Å². The number of benzene rings is 3. The van der Waals surface area contributed by atoms with Gasteiger partial charge in [-0.05, 0) is 29.8 Å². The molecule has 1 atom stereocenters. The van der Waals surface area contributed by atoms with E-state index in [1.165, 1.54) is 0 Å². The number of para-hydroxylation sites is 2. The molecule has 4 heteroatoms. The van der Waals surface area contributed by atoms with E-state index in [2.05, 4.69) is 10.6 Å². The monoisotopic (exact) mass is 358 g/mol. The van der Waals surface area contributed by atoms with Crippen molar-refractivity contribution >= 4 is 34.5 Å². The highest BCUT2D eigenvalue weighted by Crippen LogP contribution is 2.45.